The normalized spacial score (nSPS) is 19.4. The fourth-order valence-corrected chi connectivity index (χ4v) is 14.9. The Morgan fingerprint density at radius 3 is 1.35 bits per heavy atom. The van der Waals surface area contributed by atoms with E-state index in [-0.39, 0.29) is 64.1 Å². The topological polar surface area (TPSA) is 133 Å². The monoisotopic (exact) mass is 1990 g/mol. The van der Waals surface area contributed by atoms with Crippen molar-refractivity contribution in [2.24, 2.45) is 51.8 Å². The van der Waals surface area contributed by atoms with Crippen molar-refractivity contribution >= 4 is 17.7 Å². The molecule has 1 saturated carbocycles. The van der Waals surface area contributed by atoms with Crippen LogP contribution in [0.1, 0.15) is 352 Å². The molecule has 0 bridgehead atoms. The zero-order valence-corrected chi connectivity index (χ0v) is 92.2. The number of fused-ring (bicyclic) bond motifs is 1. The molecule has 0 saturated heterocycles. The van der Waals surface area contributed by atoms with Crippen LogP contribution < -0.4 is 26.6 Å². The van der Waals surface area contributed by atoms with Crippen molar-refractivity contribution in [3.63, 3.8) is 0 Å². The van der Waals surface area contributed by atoms with Crippen molar-refractivity contribution in [3.8, 4) is 261 Å². The molecule has 147 heavy (non-hydrogen) atoms. The van der Waals surface area contributed by atoms with Crippen LogP contribution >= 0.6 is 0 Å². The number of carbonyl (C=O) groups is 3. The van der Waals surface area contributed by atoms with Gasteiger partial charge in [0.2, 0.25) is 11.8 Å². The molecule has 6 aliphatic carbocycles. The summed E-state index contributed by atoms with van der Waals surface area (Å²) in [6, 6.07) is 7.28. The first-order valence-corrected chi connectivity index (χ1v) is 52.4. The van der Waals surface area contributed by atoms with Gasteiger partial charge in [0.25, 0.3) is 5.91 Å². The quantitative estimate of drug-likeness (QED) is 0.0396. The molecule has 16 heteroatoms. The number of hydrogen-bond acceptors (Lipinski definition) is 8. The summed E-state index contributed by atoms with van der Waals surface area (Å²) in [6.45, 7) is 43.1. The second-order valence-corrected chi connectivity index (χ2v) is 41.7. The SMILES string of the molecule is C#CC#CC#CC#CC#CC#CC#CC#CC#CC#CC#CC#CC#CC#CC#CC#CC.CCC(C)(C)CC1[C@H]2CCC#CCC[C@@H]12.CCC(C)(C)CCNC(=O)CC1CCCCC#CC1(F)F.CCC(C)(C)CCNC(=O)c1ccc(CC2(F)C#CCCCCC2)cc1.CNC(C)(C)CC(=O)N1CCC#CC(C)C(C)C1.CNC(C)(C)CCOC1CCC#CC(F)(F)CC1.CNC(C)(C)CCOC1CCC#CCCC1. The largest absolute Gasteiger partial charge is 0.378 e. The molecule has 8 rings (SSSR count). The van der Waals surface area contributed by atoms with Gasteiger partial charge in [-0.1, -0.05) is 156 Å². The van der Waals surface area contributed by atoms with Gasteiger partial charge in [-0.3, -0.25) is 14.4 Å². The summed E-state index contributed by atoms with van der Waals surface area (Å²) in [5, 5.41) is 15.4. The molecule has 0 aromatic heterocycles. The Hall–Kier alpha value is -12.6. The maximum atomic E-state index is 15.0. The van der Waals surface area contributed by atoms with Crippen LogP contribution in [0.3, 0.4) is 0 Å². The fourth-order valence-electron chi connectivity index (χ4n) is 14.9. The third-order valence-electron chi connectivity index (χ3n) is 26.9. The zero-order valence-electron chi connectivity index (χ0n) is 92.2. The fraction of sp³-hybridized carbons (Fsp3) is 0.595. The first kappa shape index (κ1) is 130. The molecule has 1 heterocycles. The summed E-state index contributed by atoms with van der Waals surface area (Å²) >= 11 is 0. The highest BCUT2D eigenvalue weighted by Gasteiger charge is 2.50. The van der Waals surface area contributed by atoms with Crippen LogP contribution in [-0.4, -0.2) is 129 Å². The third kappa shape index (κ3) is 66.3. The number of carbonyl (C=O) groups excluding carboxylic acids is 3. The number of amides is 3. The highest BCUT2D eigenvalue weighted by atomic mass is 19.3. The molecule has 3 amide bonds. The molecule has 11 nitrogen and oxygen atoms in total. The number of hydrogen-bond donors (Lipinski definition) is 5. The van der Waals surface area contributed by atoms with Gasteiger partial charge in [0, 0.05) is 233 Å². The van der Waals surface area contributed by atoms with Crippen LogP contribution in [0.15, 0.2) is 24.3 Å². The lowest BCUT2D eigenvalue weighted by molar-refractivity contribution is -0.133. The Morgan fingerprint density at radius 1 is 0.449 bits per heavy atom. The Bertz CT molecular complexity index is 5860. The molecular weight excluding hydrogens is 1830 g/mol. The van der Waals surface area contributed by atoms with E-state index < -0.39 is 23.4 Å². The number of alkyl halides is 5. The smallest absolute Gasteiger partial charge is 0.311 e. The number of halogens is 5. The van der Waals surface area contributed by atoms with Crippen LogP contribution in [0, 0.1) is 313 Å². The number of benzene rings is 1. The molecule has 1 aromatic rings. The van der Waals surface area contributed by atoms with Crippen LogP contribution in [0.2, 0.25) is 0 Å². The van der Waals surface area contributed by atoms with E-state index in [0.29, 0.717) is 100.0 Å². The van der Waals surface area contributed by atoms with Gasteiger partial charge in [-0.2, -0.15) is 17.6 Å². The van der Waals surface area contributed by atoms with Crippen LogP contribution in [-0.2, 0) is 25.5 Å². The number of rotatable bonds is 29. The van der Waals surface area contributed by atoms with E-state index in [2.05, 4.69) is 387 Å². The lowest BCUT2D eigenvalue weighted by Gasteiger charge is -2.31. The zero-order chi connectivity index (χ0) is 109. The highest BCUT2D eigenvalue weighted by Crippen LogP contribution is 2.57. The van der Waals surface area contributed by atoms with E-state index in [1.165, 1.54) is 38.5 Å². The Morgan fingerprint density at radius 2 is 0.878 bits per heavy atom. The molecule has 7 unspecified atom stereocenters. The van der Waals surface area contributed by atoms with Gasteiger partial charge in [-0.15, -0.1) is 36.0 Å². The second-order valence-electron chi connectivity index (χ2n) is 41.7. The van der Waals surface area contributed by atoms with E-state index >= 15 is 4.39 Å². The standard InChI is InChI=1S/C33H4.C23H32FNO.C17H27F2NO.C15H26N2O.C15H24.C14H23F2NO.C14H25NO/c1-3-5-7-9-11-13-15-17-19-21-23-25-27-29-31-33-32-30-28-26-24-22-20-18-16-14-12-10-8-6-4-2;1-4-22(2,3)16-17-25-21(26)20-12-10-19(11-13-20)18-23(24)14-8-6-5-7-9-15-23;1-4-16(2,3)11-12-20-15(21)13-14-9-7-5-6-8-10-17(14,18)19;1-12-8-6-7-9-17(11-13(12)2)14(18)10-15(3,4)16-5;1-4-15(2,3)11-14-12-9-7-5-6-8-10-13(12)14;1-13(2,17-3)10-11-18-12-6-4-5-8-14(15,16)9-7-12;1-14(2,15-3)11-12-16-13-9-7-5-4-6-8-10-13/h1H,2H3;10-13H,4-8,14,16-18H2,1-3H3,(H,25,26);14H,4-7,9,11-13H2,1-3H3,(H,20,21);12-13,16H,7,9-11H2,1-5H3;12-14H,4,7-11H2,1-3H3;12,17H,4,6-7,9-11H2,1-3H3;13,15H,5,7-12H2,1-3H3/t;;;;12-,13+,14?;;. The number of nitrogens with one attached hydrogen (secondary N) is 5. The van der Waals surface area contributed by atoms with Gasteiger partial charge in [0.15, 0.2) is 5.67 Å². The average Bonchev–Trinajstić information content (AvgIpc) is 1.61. The Kier molecular flexibility index (Phi) is 65.9. The summed E-state index contributed by atoms with van der Waals surface area (Å²) in [4.78, 5) is 38.4. The maximum absolute atomic E-state index is 15.0. The van der Waals surface area contributed by atoms with Crippen LogP contribution in [0.4, 0.5) is 22.0 Å². The predicted molar refractivity (Wildman–Crippen MR) is 596 cm³/mol. The predicted octanol–water partition coefficient (Wildman–Crippen LogP) is 22.1. The van der Waals surface area contributed by atoms with Gasteiger partial charge >= 0.3 is 11.8 Å². The molecule has 1 fully saturated rings. The number of terminal acetylenes is 1. The minimum Gasteiger partial charge on any atom is -0.378 e. The molecule has 9 atom stereocenters. The minimum absolute atomic E-state index is 0.0192. The molecule has 5 N–H and O–H groups in total. The van der Waals surface area contributed by atoms with Crippen molar-refractivity contribution in [2.75, 3.05) is 60.5 Å². The summed E-state index contributed by atoms with van der Waals surface area (Å²) in [5.74, 6) is 108. The molecule has 1 aliphatic heterocycles. The van der Waals surface area contributed by atoms with E-state index in [9.17, 15) is 31.9 Å². The van der Waals surface area contributed by atoms with Crippen LogP contribution in [0.5, 0.6) is 0 Å². The summed E-state index contributed by atoms with van der Waals surface area (Å²) in [6.07, 6.45) is 34.2. The van der Waals surface area contributed by atoms with Crippen molar-refractivity contribution in [1.82, 2.24) is 31.5 Å². The molecule has 7 aliphatic rings. The number of ether oxygens (including phenoxy) is 2. The van der Waals surface area contributed by atoms with E-state index in [1.54, 1.807) is 19.1 Å². The van der Waals surface area contributed by atoms with Gasteiger partial charge in [-0.25, -0.2) is 4.39 Å². The van der Waals surface area contributed by atoms with Gasteiger partial charge in [0.1, 0.15) is 0 Å². The number of nitrogens with zero attached hydrogens (tertiary/aromatic N) is 1. The molecule has 0 spiro atoms. The van der Waals surface area contributed by atoms with E-state index in [4.69, 9.17) is 15.9 Å². The lowest BCUT2D eigenvalue weighted by Crippen LogP contribution is -2.45. The molecule has 1 aromatic carbocycles. The molecular formula is C131H161F5N6O5. The summed E-state index contributed by atoms with van der Waals surface area (Å²) in [7, 11) is 5.81. The Balaban J connectivity index is 0.000000589. The van der Waals surface area contributed by atoms with Gasteiger partial charge in [-0.05, 0) is 343 Å². The van der Waals surface area contributed by atoms with Crippen molar-refractivity contribution in [2.45, 2.75) is 389 Å². The van der Waals surface area contributed by atoms with Crippen LogP contribution in [0.25, 0.3) is 0 Å². The first-order chi connectivity index (χ1) is 70.0. The van der Waals surface area contributed by atoms with Gasteiger partial charge < -0.3 is 41.0 Å². The molecule has 0 radical (unpaired) electrons. The minimum atomic E-state index is -3.04. The van der Waals surface area contributed by atoms with Crippen molar-refractivity contribution in [1.29, 1.82) is 0 Å². The van der Waals surface area contributed by atoms with E-state index in [1.807, 2.05) is 50.0 Å². The van der Waals surface area contributed by atoms with Gasteiger partial charge in [0.05, 0.1) is 12.2 Å². The lowest BCUT2D eigenvalue weighted by atomic mass is 9.83. The summed E-state index contributed by atoms with van der Waals surface area (Å²) in [5.41, 5.74) is 1.12. The average molecular weight is 1990 g/mol. The molecule has 780 valence electrons. The Labute approximate surface area is 887 Å². The second kappa shape index (κ2) is 74.3. The maximum Gasteiger partial charge on any atom is 0.311 e. The van der Waals surface area contributed by atoms with E-state index in [0.717, 1.165) is 159 Å². The van der Waals surface area contributed by atoms with Crippen molar-refractivity contribution < 1.29 is 45.8 Å². The summed E-state index contributed by atoms with van der Waals surface area (Å²) < 4.78 is 80.7. The first-order valence-electron chi connectivity index (χ1n) is 52.4. The third-order valence-corrected chi connectivity index (χ3v) is 26.9. The van der Waals surface area contributed by atoms with Crippen molar-refractivity contribution in [3.05, 3.63) is 35.4 Å². The highest BCUT2D eigenvalue weighted by molar-refractivity contribution is 5.94.